The molecule has 1 aromatic rings. The minimum absolute atomic E-state index is 0. The Balaban J connectivity index is 0.00000288. The highest BCUT2D eigenvalue weighted by Crippen LogP contribution is 2.21. The van der Waals surface area contributed by atoms with Crippen LogP contribution in [0.5, 0.6) is 0 Å². The Morgan fingerprint density at radius 2 is 2.08 bits per heavy atom. The van der Waals surface area contributed by atoms with Crippen LogP contribution in [0.15, 0.2) is 11.3 Å². The van der Waals surface area contributed by atoms with Crippen LogP contribution in [0.4, 0.5) is 0 Å². The van der Waals surface area contributed by atoms with Crippen molar-refractivity contribution in [2.75, 3.05) is 26.7 Å². The van der Waals surface area contributed by atoms with Crippen molar-refractivity contribution in [1.82, 2.24) is 30.3 Å². The molecule has 1 fully saturated rings. The lowest BCUT2D eigenvalue weighted by Gasteiger charge is -2.31. The Hall–Kier alpha value is -0.900. The normalized spacial score (nSPS) is 16.1. The highest BCUT2D eigenvalue weighted by Gasteiger charge is 2.17. The molecule has 0 saturated heterocycles. The summed E-state index contributed by atoms with van der Waals surface area (Å²) in [6.07, 6.45) is 8.41. The van der Waals surface area contributed by atoms with Crippen molar-refractivity contribution in [2.24, 2.45) is 12.0 Å². The van der Waals surface area contributed by atoms with Gasteiger partial charge in [-0.3, -0.25) is 4.68 Å². The largest absolute Gasteiger partial charge is 0.357 e. The van der Waals surface area contributed by atoms with Gasteiger partial charge in [0.2, 0.25) is 0 Å². The van der Waals surface area contributed by atoms with Gasteiger partial charge in [0, 0.05) is 32.7 Å². The molecule has 1 aliphatic rings. The van der Waals surface area contributed by atoms with Crippen LogP contribution in [-0.4, -0.2) is 58.3 Å². The standard InChI is InChI=1S/C16H31N7.HI/c1-4-17-16(19-12-15-20-13-21-23(15)3)18-10-11-22(2)14-8-6-5-7-9-14;/h13-14H,4-12H2,1-3H3,(H2,17,18,19);1H. The molecule has 1 aliphatic carbocycles. The molecule has 2 rings (SSSR count). The first-order valence-electron chi connectivity index (χ1n) is 8.76. The number of guanidine groups is 1. The van der Waals surface area contributed by atoms with Gasteiger partial charge in [0.05, 0.1) is 0 Å². The van der Waals surface area contributed by atoms with E-state index in [2.05, 4.69) is 44.6 Å². The van der Waals surface area contributed by atoms with E-state index >= 15 is 0 Å². The van der Waals surface area contributed by atoms with Crippen LogP contribution in [0.1, 0.15) is 44.9 Å². The number of likely N-dealkylation sites (N-methyl/N-ethyl adjacent to an activating group) is 1. The van der Waals surface area contributed by atoms with E-state index in [0.29, 0.717) is 6.54 Å². The molecular formula is C16H32IN7. The second kappa shape index (κ2) is 11.6. The van der Waals surface area contributed by atoms with E-state index in [1.54, 1.807) is 11.0 Å². The lowest BCUT2D eigenvalue weighted by Crippen LogP contribution is -2.43. The van der Waals surface area contributed by atoms with Crippen LogP contribution in [-0.2, 0) is 13.6 Å². The van der Waals surface area contributed by atoms with Crippen molar-refractivity contribution in [2.45, 2.75) is 51.6 Å². The number of nitrogens with zero attached hydrogens (tertiary/aromatic N) is 5. The Bertz CT molecular complexity index is 483. The zero-order valence-electron chi connectivity index (χ0n) is 15.2. The van der Waals surface area contributed by atoms with Gasteiger partial charge in [0.1, 0.15) is 18.7 Å². The lowest BCUT2D eigenvalue weighted by molar-refractivity contribution is 0.194. The molecule has 1 aromatic heterocycles. The van der Waals surface area contributed by atoms with Gasteiger partial charge in [-0.1, -0.05) is 19.3 Å². The molecule has 2 N–H and O–H groups in total. The van der Waals surface area contributed by atoms with E-state index in [9.17, 15) is 0 Å². The molecule has 0 unspecified atom stereocenters. The minimum Gasteiger partial charge on any atom is -0.357 e. The second-order valence-electron chi connectivity index (χ2n) is 6.19. The third kappa shape index (κ3) is 6.92. The molecule has 24 heavy (non-hydrogen) atoms. The average Bonchev–Trinajstić information content (AvgIpc) is 2.98. The smallest absolute Gasteiger partial charge is 0.191 e. The Labute approximate surface area is 162 Å². The number of aromatic nitrogens is 3. The monoisotopic (exact) mass is 449 g/mol. The Kier molecular flexibility index (Phi) is 10.2. The highest BCUT2D eigenvalue weighted by molar-refractivity contribution is 14.0. The van der Waals surface area contributed by atoms with Crippen LogP contribution in [0.25, 0.3) is 0 Å². The van der Waals surface area contributed by atoms with E-state index in [1.807, 2.05) is 7.05 Å². The first-order chi connectivity index (χ1) is 11.2. The van der Waals surface area contributed by atoms with Crippen molar-refractivity contribution in [3.63, 3.8) is 0 Å². The van der Waals surface area contributed by atoms with Gasteiger partial charge in [-0.05, 0) is 26.8 Å². The van der Waals surface area contributed by atoms with Gasteiger partial charge in [-0.25, -0.2) is 9.98 Å². The molecular weight excluding hydrogens is 417 g/mol. The molecule has 8 heteroatoms. The molecule has 0 bridgehead atoms. The number of hydrogen-bond donors (Lipinski definition) is 2. The van der Waals surface area contributed by atoms with Crippen molar-refractivity contribution >= 4 is 29.9 Å². The third-order valence-electron chi connectivity index (χ3n) is 4.48. The molecule has 7 nitrogen and oxygen atoms in total. The number of halogens is 1. The lowest BCUT2D eigenvalue weighted by atomic mass is 9.94. The molecule has 1 saturated carbocycles. The molecule has 1 heterocycles. The number of aliphatic imine (C=N–C) groups is 1. The summed E-state index contributed by atoms with van der Waals surface area (Å²) >= 11 is 0. The average molecular weight is 449 g/mol. The first kappa shape index (κ1) is 21.1. The summed E-state index contributed by atoms with van der Waals surface area (Å²) in [5.74, 6) is 1.70. The maximum atomic E-state index is 4.58. The maximum Gasteiger partial charge on any atom is 0.191 e. The SMILES string of the molecule is CCNC(=NCc1ncnn1C)NCCN(C)C1CCCCC1.I. The van der Waals surface area contributed by atoms with E-state index < -0.39 is 0 Å². The van der Waals surface area contributed by atoms with Crippen molar-refractivity contribution in [1.29, 1.82) is 0 Å². The van der Waals surface area contributed by atoms with Crippen LogP contribution in [0.2, 0.25) is 0 Å². The predicted octanol–water partition coefficient (Wildman–Crippen LogP) is 1.75. The zero-order valence-corrected chi connectivity index (χ0v) is 17.5. The minimum atomic E-state index is 0. The summed E-state index contributed by atoms with van der Waals surface area (Å²) < 4.78 is 1.75. The van der Waals surface area contributed by atoms with Gasteiger partial charge in [-0.15, -0.1) is 24.0 Å². The summed E-state index contributed by atoms with van der Waals surface area (Å²) in [7, 11) is 4.12. The van der Waals surface area contributed by atoms with Crippen molar-refractivity contribution in [3.05, 3.63) is 12.2 Å². The molecule has 0 radical (unpaired) electrons. The second-order valence-corrected chi connectivity index (χ2v) is 6.19. The number of hydrogen-bond acceptors (Lipinski definition) is 4. The Morgan fingerprint density at radius 3 is 2.71 bits per heavy atom. The van der Waals surface area contributed by atoms with Crippen LogP contribution in [0, 0.1) is 0 Å². The fraction of sp³-hybridized carbons (Fsp3) is 0.812. The summed E-state index contributed by atoms with van der Waals surface area (Å²) in [6.45, 7) is 5.40. The highest BCUT2D eigenvalue weighted by atomic mass is 127. The summed E-state index contributed by atoms with van der Waals surface area (Å²) in [5.41, 5.74) is 0. The van der Waals surface area contributed by atoms with E-state index in [0.717, 1.165) is 37.5 Å². The van der Waals surface area contributed by atoms with E-state index in [1.165, 1.54) is 32.1 Å². The van der Waals surface area contributed by atoms with E-state index in [4.69, 9.17) is 0 Å². The molecule has 0 aromatic carbocycles. The van der Waals surface area contributed by atoms with Crippen molar-refractivity contribution < 1.29 is 0 Å². The maximum absolute atomic E-state index is 4.58. The predicted molar refractivity (Wildman–Crippen MR) is 109 cm³/mol. The summed E-state index contributed by atoms with van der Waals surface area (Å²) in [6, 6.07) is 0.753. The van der Waals surface area contributed by atoms with Crippen LogP contribution >= 0.6 is 24.0 Å². The fourth-order valence-electron chi connectivity index (χ4n) is 3.01. The molecule has 0 aliphatic heterocycles. The van der Waals surface area contributed by atoms with Crippen LogP contribution in [0.3, 0.4) is 0 Å². The number of nitrogens with one attached hydrogen (secondary N) is 2. The molecule has 0 spiro atoms. The molecule has 0 amide bonds. The van der Waals surface area contributed by atoms with Gasteiger partial charge in [0.25, 0.3) is 0 Å². The molecule has 0 atom stereocenters. The molecule has 138 valence electrons. The third-order valence-corrected chi connectivity index (χ3v) is 4.48. The number of aryl methyl sites for hydroxylation is 1. The van der Waals surface area contributed by atoms with Gasteiger partial charge in [-0.2, -0.15) is 5.10 Å². The first-order valence-corrected chi connectivity index (χ1v) is 8.76. The van der Waals surface area contributed by atoms with E-state index in [-0.39, 0.29) is 24.0 Å². The Morgan fingerprint density at radius 1 is 1.33 bits per heavy atom. The van der Waals surface area contributed by atoms with Gasteiger partial charge >= 0.3 is 0 Å². The zero-order chi connectivity index (χ0) is 16.5. The van der Waals surface area contributed by atoms with Crippen LogP contribution < -0.4 is 10.6 Å². The summed E-state index contributed by atoms with van der Waals surface area (Å²) in [5, 5.41) is 10.8. The summed E-state index contributed by atoms with van der Waals surface area (Å²) in [4.78, 5) is 11.3. The van der Waals surface area contributed by atoms with Gasteiger partial charge < -0.3 is 15.5 Å². The quantitative estimate of drug-likeness (QED) is 0.377. The topological polar surface area (TPSA) is 70.4 Å². The fourth-order valence-corrected chi connectivity index (χ4v) is 3.01. The number of rotatable bonds is 7. The van der Waals surface area contributed by atoms with Crippen molar-refractivity contribution in [3.8, 4) is 0 Å². The van der Waals surface area contributed by atoms with Gasteiger partial charge in [0.15, 0.2) is 5.96 Å².